The van der Waals surface area contributed by atoms with E-state index in [1.807, 2.05) is 40.0 Å². The summed E-state index contributed by atoms with van der Waals surface area (Å²) in [6.45, 7) is 24.7. The van der Waals surface area contributed by atoms with E-state index in [0.717, 1.165) is 51.5 Å². The maximum absolute atomic E-state index is 13.9. The minimum Gasteiger partial charge on any atom is -0.463 e. The molecule has 0 aromatic rings. The van der Waals surface area contributed by atoms with Crippen molar-refractivity contribution in [3.05, 3.63) is 24.3 Å². The van der Waals surface area contributed by atoms with Gasteiger partial charge in [-0.05, 0) is 126 Å². The number of methoxy groups -OCH3 is 2. The van der Waals surface area contributed by atoms with Crippen molar-refractivity contribution in [1.29, 1.82) is 0 Å². The highest BCUT2D eigenvalue weighted by atomic mass is 16.7. The van der Waals surface area contributed by atoms with E-state index in [0.29, 0.717) is 32.4 Å². The molecule has 7 rings (SSSR count). The predicted molar refractivity (Wildman–Crippen MR) is 281 cm³/mol. The lowest BCUT2D eigenvalue weighted by Gasteiger charge is -2.62. The van der Waals surface area contributed by atoms with Crippen LogP contribution in [0.15, 0.2) is 24.3 Å². The van der Waals surface area contributed by atoms with Crippen LogP contribution < -0.4 is 5.32 Å². The number of hydrogen-bond acceptors (Lipinski definition) is 15. The third-order valence-electron chi connectivity index (χ3n) is 21.1. The quantitative estimate of drug-likeness (QED) is 0.0724. The summed E-state index contributed by atoms with van der Waals surface area (Å²) in [6, 6.07) is 0. The van der Waals surface area contributed by atoms with E-state index in [2.05, 4.69) is 51.8 Å². The molecule has 18 atom stereocenters. The Bertz CT molecular complexity index is 2130. The van der Waals surface area contributed by atoms with Gasteiger partial charge in [-0.3, -0.25) is 19.7 Å². The highest BCUT2D eigenvalue weighted by Gasteiger charge is 2.70. The number of ether oxygens (including phenoxy) is 7. The van der Waals surface area contributed by atoms with Gasteiger partial charge in [0.15, 0.2) is 0 Å². The number of Topliss-reactive ketones (excluding diaryl/α,β-unsaturated/α-hetero) is 2. The molecule has 1 saturated heterocycles. The van der Waals surface area contributed by atoms with E-state index >= 15 is 0 Å². The van der Waals surface area contributed by atoms with Crippen molar-refractivity contribution in [3.63, 3.8) is 0 Å². The molecule has 1 aliphatic heterocycles. The van der Waals surface area contributed by atoms with Crippen LogP contribution in [0, 0.1) is 79.8 Å². The fraction of sp³-hybridized carbons (Fsp3) is 0.831. The number of ketones is 2. The number of aliphatic hydroxyl groups is 1. The number of piperidine rings is 1. The van der Waals surface area contributed by atoms with E-state index in [-0.39, 0.29) is 108 Å². The molecule has 16 heteroatoms. The van der Waals surface area contributed by atoms with Crippen molar-refractivity contribution in [3.8, 4) is 0 Å². The van der Waals surface area contributed by atoms with Gasteiger partial charge in [-0.1, -0.05) is 74.5 Å². The number of rotatable bonds is 14. The monoisotopic (exact) mass is 1050 g/mol. The van der Waals surface area contributed by atoms with Gasteiger partial charge in [-0.15, -0.1) is 0 Å². The zero-order valence-electron chi connectivity index (χ0n) is 48.0. The number of likely N-dealkylation sites (tertiary alicyclic amines) is 1. The Hall–Kier alpha value is -3.54. The topological polar surface area (TPSA) is 203 Å². The van der Waals surface area contributed by atoms with Gasteiger partial charge < -0.3 is 43.2 Å². The molecule has 424 valence electrons. The summed E-state index contributed by atoms with van der Waals surface area (Å²) < 4.78 is 40.0. The van der Waals surface area contributed by atoms with Gasteiger partial charge >= 0.3 is 18.0 Å². The molecule has 0 radical (unpaired) electrons. The average Bonchev–Trinajstić information content (AvgIpc) is 3.91. The summed E-state index contributed by atoms with van der Waals surface area (Å²) in [7, 11) is 5.13. The number of nitrogens with zero attached hydrogens (tertiary/aromatic N) is 1. The molecule has 6 saturated carbocycles. The van der Waals surface area contributed by atoms with Gasteiger partial charge in [0.05, 0.1) is 37.4 Å². The molecule has 16 nitrogen and oxygen atoms in total. The zero-order valence-corrected chi connectivity index (χ0v) is 48.0. The fourth-order valence-corrected chi connectivity index (χ4v) is 16.5. The Morgan fingerprint density at radius 1 is 0.693 bits per heavy atom. The number of carbonyl (C=O) groups excluding carboxylic acids is 6. The summed E-state index contributed by atoms with van der Waals surface area (Å²) in [5.74, 6) is -1.07. The number of nitrogens with one attached hydrogen (secondary N) is 1. The molecule has 0 spiro atoms. The number of alkyl carbamates (subject to hydrolysis) is 1. The van der Waals surface area contributed by atoms with Crippen LogP contribution in [0.2, 0.25) is 0 Å². The molecular weight excluding hydrogens is 961 g/mol. The van der Waals surface area contributed by atoms with Gasteiger partial charge in [0.1, 0.15) is 31.3 Å². The van der Waals surface area contributed by atoms with Gasteiger partial charge in [0.2, 0.25) is 5.91 Å². The summed E-state index contributed by atoms with van der Waals surface area (Å²) in [6.07, 6.45) is 11.4. The summed E-state index contributed by atoms with van der Waals surface area (Å²) in [4.78, 5) is 80.8. The van der Waals surface area contributed by atoms with Gasteiger partial charge in [-0.25, -0.2) is 14.4 Å². The Kier molecular flexibility index (Phi) is 19.6. The van der Waals surface area contributed by atoms with E-state index < -0.39 is 58.0 Å². The van der Waals surface area contributed by atoms with E-state index in [4.69, 9.17) is 33.2 Å². The van der Waals surface area contributed by atoms with Gasteiger partial charge in [-0.2, -0.15) is 0 Å². The third-order valence-corrected chi connectivity index (χ3v) is 21.1. The Morgan fingerprint density at radius 3 is 1.64 bits per heavy atom. The molecule has 2 N–H and O–H groups in total. The molecule has 0 aromatic heterocycles. The molecule has 7 fully saturated rings. The Balaban J connectivity index is 0.000000259. The van der Waals surface area contributed by atoms with Crippen LogP contribution in [0.3, 0.4) is 0 Å². The molecular formula is C59H94N2O14. The van der Waals surface area contributed by atoms with Gasteiger partial charge in [0, 0.05) is 79.3 Å². The molecule has 4 bridgehead atoms. The smallest absolute Gasteiger partial charge is 0.414 e. The molecule has 2 amide bonds. The molecule has 7 aliphatic rings. The molecule has 1 heterocycles. The maximum atomic E-state index is 13.9. The first-order valence-corrected chi connectivity index (χ1v) is 28.2. The fourth-order valence-electron chi connectivity index (χ4n) is 16.5. The van der Waals surface area contributed by atoms with Crippen molar-refractivity contribution in [2.45, 2.75) is 171 Å². The first-order valence-electron chi connectivity index (χ1n) is 28.2. The lowest BCUT2D eigenvalue weighted by atomic mass is 9.44. The normalized spacial score (nSPS) is 42.8. The van der Waals surface area contributed by atoms with Crippen LogP contribution in [-0.4, -0.2) is 131 Å². The van der Waals surface area contributed by atoms with Crippen LogP contribution in [0.4, 0.5) is 4.79 Å². The standard InChI is InChI=1S/C34H54N2O8.C25H40O6/c1-9-42-27(38)12-14-32(5)18-26(44-31(40)35-30(39)24-19-36(7)17-13-21(24)2)33(6)22(3)10-15-34(16-11-25(37)28(33)34)23(4)29(32)43-20-41-8;1-7-30-20(28)10-11-23(4)14-19(27)24(5)16(2)8-12-25(13-9-18(26)21(24)25)17(3)22(23)31-15-29-6/h12,14,21-24,26,28-29H,9-11,13,15-20H2,1-8H3,(H,35,39,40);10-11,16-17,19,21-22,27H,7-9,12-15H2,1-6H3/b14-12+;11-10+/t21-,22+,23-,24-,26+,28?,29-,32+,33-,34?;16-,17+,19-,21?,22+,23-,24+,25?/m01/s1. The van der Waals surface area contributed by atoms with E-state index in [9.17, 15) is 33.9 Å². The lowest BCUT2D eigenvalue weighted by Crippen LogP contribution is -2.63. The van der Waals surface area contributed by atoms with E-state index in [1.165, 1.54) is 12.2 Å². The first kappa shape index (κ1) is 60.7. The largest absolute Gasteiger partial charge is 0.463 e. The highest BCUT2D eigenvalue weighted by molar-refractivity contribution is 5.93. The van der Waals surface area contributed by atoms with Crippen molar-refractivity contribution in [2.75, 3.05) is 61.2 Å². The molecule has 75 heavy (non-hydrogen) atoms. The summed E-state index contributed by atoms with van der Waals surface area (Å²) >= 11 is 0. The van der Waals surface area contributed by atoms with Crippen LogP contribution in [0.25, 0.3) is 0 Å². The zero-order chi connectivity index (χ0) is 55.5. The summed E-state index contributed by atoms with van der Waals surface area (Å²) in [5.41, 5.74) is -3.19. The minimum absolute atomic E-state index is 0.0364. The lowest BCUT2D eigenvalue weighted by molar-refractivity contribution is -0.214. The SMILES string of the molecule is CCOC(=O)/C=C/[C@]1(C)C[C@@H](O)[C@@]2(C)C3C(=O)CCC3(CC[C@H]2C)[C@@H](C)[C@@H]1OCOC.CCOC(=O)/C=C/[C@]1(C)C[C@@H](OC(=O)NC(=O)[C@H]2CN(C)CC[C@@H]2C)[C@@]2(C)C3C(=O)CCC3(CC[C@H]2C)[C@@H](C)[C@@H]1OCOC. The maximum Gasteiger partial charge on any atom is 0.414 e. The number of esters is 2. The third kappa shape index (κ3) is 11.5. The summed E-state index contributed by atoms with van der Waals surface area (Å²) in [5, 5.41) is 14.2. The van der Waals surface area contributed by atoms with Crippen LogP contribution in [0.5, 0.6) is 0 Å². The first-order chi connectivity index (χ1) is 35.3. The number of carbonyl (C=O) groups is 6. The Morgan fingerprint density at radius 2 is 1.16 bits per heavy atom. The molecule has 4 unspecified atom stereocenters. The van der Waals surface area contributed by atoms with Crippen molar-refractivity contribution in [1.82, 2.24) is 10.2 Å². The van der Waals surface area contributed by atoms with Crippen molar-refractivity contribution in [2.24, 2.45) is 79.8 Å². The second-order valence-corrected chi connectivity index (χ2v) is 25.1. The number of aliphatic hydroxyl groups excluding tert-OH is 1. The molecule has 0 aromatic carbocycles. The molecule has 6 aliphatic carbocycles. The number of hydrogen-bond donors (Lipinski definition) is 2. The van der Waals surface area contributed by atoms with Gasteiger partial charge in [0.25, 0.3) is 0 Å². The number of amides is 2. The predicted octanol–water partition coefficient (Wildman–Crippen LogP) is 8.66. The number of imide groups is 1. The second-order valence-electron chi connectivity index (χ2n) is 25.1. The van der Waals surface area contributed by atoms with Crippen molar-refractivity contribution < 1.29 is 67.0 Å². The second kappa shape index (κ2) is 24.2. The average molecular weight is 1060 g/mol. The van der Waals surface area contributed by atoms with Crippen LogP contribution >= 0.6 is 0 Å². The van der Waals surface area contributed by atoms with Crippen LogP contribution in [0.1, 0.15) is 147 Å². The minimum atomic E-state index is -0.803. The van der Waals surface area contributed by atoms with E-state index in [1.54, 1.807) is 28.1 Å². The Labute approximate surface area is 447 Å². The highest BCUT2D eigenvalue weighted by Crippen LogP contribution is 2.70. The van der Waals surface area contributed by atoms with Crippen molar-refractivity contribution >= 4 is 35.5 Å². The van der Waals surface area contributed by atoms with Crippen LogP contribution in [-0.2, 0) is 57.1 Å².